The number of nitrogens with zero attached hydrogens (tertiary/aromatic N) is 1. The Hall–Kier alpha value is -2.22. The monoisotopic (exact) mass is 312 g/mol. The molecule has 0 aliphatic heterocycles. The molecule has 23 heavy (non-hydrogen) atoms. The van der Waals surface area contributed by atoms with E-state index in [9.17, 15) is 9.50 Å². The molecule has 0 aliphatic carbocycles. The third kappa shape index (κ3) is 4.88. The predicted octanol–water partition coefficient (Wildman–Crippen LogP) is 3.86. The molecule has 2 N–H and O–H groups in total. The molecule has 0 aromatic heterocycles. The number of benzene rings is 2. The van der Waals surface area contributed by atoms with Crippen LogP contribution < -0.4 is 5.32 Å². The van der Waals surface area contributed by atoms with Crippen LogP contribution >= 0.6 is 0 Å². The molecule has 0 radical (unpaired) electrons. The van der Waals surface area contributed by atoms with Crippen LogP contribution in [-0.2, 0) is 0 Å². The van der Waals surface area contributed by atoms with Crippen molar-refractivity contribution in [3.05, 3.63) is 71.0 Å². The van der Waals surface area contributed by atoms with Gasteiger partial charge in [-0.25, -0.2) is 4.39 Å². The van der Waals surface area contributed by atoms with E-state index in [1.165, 1.54) is 12.1 Å². The highest BCUT2D eigenvalue weighted by Gasteiger charge is 2.15. The second-order valence-corrected chi connectivity index (χ2v) is 5.83. The Morgan fingerprint density at radius 2 is 1.83 bits per heavy atom. The molecule has 0 heterocycles. The fraction of sp³-hybridized carbons (Fsp3) is 0.316. The van der Waals surface area contributed by atoms with Gasteiger partial charge in [0.05, 0.1) is 17.7 Å². The average Bonchev–Trinajstić information content (AvgIpc) is 2.55. The number of aliphatic hydroxyl groups excluding tert-OH is 1. The van der Waals surface area contributed by atoms with E-state index in [2.05, 4.69) is 11.4 Å². The highest BCUT2D eigenvalue weighted by molar-refractivity contribution is 5.34. The van der Waals surface area contributed by atoms with Crippen LogP contribution in [0.5, 0.6) is 0 Å². The Balaban J connectivity index is 1.94. The van der Waals surface area contributed by atoms with Gasteiger partial charge in [0.25, 0.3) is 0 Å². The molecule has 0 bridgehead atoms. The smallest absolute Gasteiger partial charge is 0.123 e. The minimum Gasteiger partial charge on any atom is -0.388 e. The molecule has 120 valence electrons. The summed E-state index contributed by atoms with van der Waals surface area (Å²) in [6, 6.07) is 15.7. The zero-order valence-corrected chi connectivity index (χ0v) is 13.3. The highest BCUT2D eigenvalue weighted by Crippen LogP contribution is 2.21. The van der Waals surface area contributed by atoms with Gasteiger partial charge in [0.15, 0.2) is 0 Å². The predicted molar refractivity (Wildman–Crippen MR) is 88.1 cm³/mol. The van der Waals surface area contributed by atoms with Gasteiger partial charge in [0.1, 0.15) is 5.82 Å². The molecular weight excluding hydrogens is 291 g/mol. The summed E-state index contributed by atoms with van der Waals surface area (Å²) in [6.45, 7) is 4.02. The van der Waals surface area contributed by atoms with Crippen molar-refractivity contribution in [1.82, 2.24) is 5.32 Å². The molecule has 0 fully saturated rings. The number of rotatable bonds is 6. The van der Waals surface area contributed by atoms with Crippen LogP contribution in [0, 0.1) is 17.1 Å². The second kappa shape index (κ2) is 7.87. The van der Waals surface area contributed by atoms with Gasteiger partial charge in [-0.3, -0.25) is 0 Å². The lowest BCUT2D eigenvalue weighted by atomic mass is 10.0. The van der Waals surface area contributed by atoms with Crippen LogP contribution in [0.4, 0.5) is 4.39 Å². The normalized spacial score (nSPS) is 14.7. The van der Waals surface area contributed by atoms with Crippen molar-refractivity contribution in [2.45, 2.75) is 38.5 Å². The maximum atomic E-state index is 12.9. The van der Waals surface area contributed by atoms with Gasteiger partial charge in [-0.1, -0.05) is 24.3 Å². The summed E-state index contributed by atoms with van der Waals surface area (Å²) >= 11 is 0. The van der Waals surface area contributed by atoms with Gasteiger partial charge in [-0.2, -0.15) is 5.26 Å². The third-order valence-electron chi connectivity index (χ3n) is 3.88. The molecule has 2 aromatic carbocycles. The summed E-state index contributed by atoms with van der Waals surface area (Å²) < 4.78 is 12.9. The molecule has 3 unspecified atom stereocenters. The lowest BCUT2D eigenvalue weighted by Crippen LogP contribution is -2.30. The molecule has 0 spiro atoms. The minimum absolute atomic E-state index is 0.0656. The molecule has 4 heteroatoms. The minimum atomic E-state index is -0.643. The van der Waals surface area contributed by atoms with Crippen LogP contribution in [0.25, 0.3) is 0 Å². The number of aliphatic hydroxyl groups is 1. The van der Waals surface area contributed by atoms with E-state index in [1.807, 2.05) is 32.0 Å². The van der Waals surface area contributed by atoms with Gasteiger partial charge < -0.3 is 10.4 Å². The van der Waals surface area contributed by atoms with E-state index in [-0.39, 0.29) is 17.9 Å². The fourth-order valence-corrected chi connectivity index (χ4v) is 2.62. The van der Waals surface area contributed by atoms with Crippen LogP contribution in [0.15, 0.2) is 48.5 Å². The van der Waals surface area contributed by atoms with E-state index < -0.39 is 6.10 Å². The van der Waals surface area contributed by atoms with Crippen molar-refractivity contribution in [1.29, 1.82) is 5.26 Å². The number of nitrogens with one attached hydrogen (secondary N) is 1. The molecule has 2 rings (SSSR count). The largest absolute Gasteiger partial charge is 0.388 e. The Bertz CT molecular complexity index is 679. The summed E-state index contributed by atoms with van der Waals surface area (Å²) in [5.41, 5.74) is 2.38. The van der Waals surface area contributed by atoms with Crippen LogP contribution in [0.1, 0.15) is 49.1 Å². The van der Waals surface area contributed by atoms with Gasteiger partial charge in [-0.05, 0) is 55.7 Å². The zero-order valence-electron chi connectivity index (χ0n) is 13.3. The highest BCUT2D eigenvalue weighted by atomic mass is 19.1. The summed E-state index contributed by atoms with van der Waals surface area (Å²) in [4.78, 5) is 0. The van der Waals surface area contributed by atoms with Crippen LogP contribution in [-0.4, -0.2) is 11.1 Å². The Labute approximate surface area is 136 Å². The van der Waals surface area contributed by atoms with E-state index in [1.54, 1.807) is 18.2 Å². The number of halogens is 1. The van der Waals surface area contributed by atoms with E-state index >= 15 is 0 Å². The van der Waals surface area contributed by atoms with E-state index in [0.717, 1.165) is 5.56 Å². The van der Waals surface area contributed by atoms with Gasteiger partial charge in [0, 0.05) is 12.1 Å². The standard InChI is InChI=1S/C19H21FN2O/c1-13(10-19(23)16-6-8-18(20)9-7-16)22-14(2)17-5-3-4-15(11-17)12-21/h3-9,11,13-14,19,22-23H,10H2,1-2H3. The zero-order chi connectivity index (χ0) is 16.8. The van der Waals surface area contributed by atoms with E-state index in [0.29, 0.717) is 17.5 Å². The van der Waals surface area contributed by atoms with Crippen LogP contribution in [0.3, 0.4) is 0 Å². The summed E-state index contributed by atoms with van der Waals surface area (Å²) in [7, 11) is 0. The summed E-state index contributed by atoms with van der Waals surface area (Å²) in [5, 5.41) is 22.6. The van der Waals surface area contributed by atoms with Gasteiger partial charge in [0.2, 0.25) is 0 Å². The van der Waals surface area contributed by atoms with Crippen molar-refractivity contribution in [2.24, 2.45) is 0 Å². The molecule has 0 saturated heterocycles. The lowest BCUT2D eigenvalue weighted by molar-refractivity contribution is 0.152. The first-order chi connectivity index (χ1) is 11.0. The quantitative estimate of drug-likeness (QED) is 0.851. The molecule has 0 aliphatic rings. The Kier molecular flexibility index (Phi) is 5.86. The fourth-order valence-electron chi connectivity index (χ4n) is 2.62. The number of hydrogen-bond acceptors (Lipinski definition) is 3. The SMILES string of the molecule is CC(CC(O)c1ccc(F)cc1)NC(C)c1cccc(C#N)c1. The summed E-state index contributed by atoms with van der Waals surface area (Å²) in [5.74, 6) is -0.307. The lowest BCUT2D eigenvalue weighted by Gasteiger charge is -2.23. The first-order valence-electron chi connectivity index (χ1n) is 7.69. The maximum absolute atomic E-state index is 12.9. The first-order valence-corrected chi connectivity index (χ1v) is 7.69. The third-order valence-corrected chi connectivity index (χ3v) is 3.88. The average molecular weight is 312 g/mol. The molecule has 2 aromatic rings. The van der Waals surface area contributed by atoms with Crippen molar-refractivity contribution in [2.75, 3.05) is 0 Å². The molecule has 3 atom stereocenters. The van der Waals surface area contributed by atoms with Crippen molar-refractivity contribution >= 4 is 0 Å². The Morgan fingerprint density at radius 1 is 1.13 bits per heavy atom. The van der Waals surface area contributed by atoms with E-state index in [4.69, 9.17) is 5.26 Å². The Morgan fingerprint density at radius 3 is 2.48 bits per heavy atom. The second-order valence-electron chi connectivity index (χ2n) is 5.83. The number of nitriles is 1. The topological polar surface area (TPSA) is 56.0 Å². The molecular formula is C19H21FN2O. The molecule has 3 nitrogen and oxygen atoms in total. The van der Waals surface area contributed by atoms with Crippen molar-refractivity contribution < 1.29 is 9.50 Å². The summed E-state index contributed by atoms with van der Waals surface area (Å²) in [6.07, 6.45) is -0.121. The molecule has 0 saturated carbocycles. The van der Waals surface area contributed by atoms with Gasteiger partial charge >= 0.3 is 0 Å². The van der Waals surface area contributed by atoms with Crippen molar-refractivity contribution in [3.63, 3.8) is 0 Å². The maximum Gasteiger partial charge on any atom is 0.123 e. The first kappa shape index (κ1) is 17.1. The van der Waals surface area contributed by atoms with Crippen LogP contribution in [0.2, 0.25) is 0 Å². The van der Waals surface area contributed by atoms with Gasteiger partial charge in [-0.15, -0.1) is 0 Å². The van der Waals surface area contributed by atoms with Crippen molar-refractivity contribution in [3.8, 4) is 6.07 Å². The molecule has 0 amide bonds. The number of hydrogen-bond donors (Lipinski definition) is 2.